The predicted octanol–water partition coefficient (Wildman–Crippen LogP) is 9.67. The molecule has 1 atom stereocenters. The average molecular weight is 637 g/mol. The number of hydrogen-bond donors (Lipinski definition) is 1. The Labute approximate surface area is 270 Å². The molecule has 3 heterocycles. The van der Waals surface area contributed by atoms with Gasteiger partial charge in [-0.1, -0.05) is 29.8 Å². The highest BCUT2D eigenvalue weighted by Crippen LogP contribution is 2.44. The summed E-state index contributed by atoms with van der Waals surface area (Å²) in [6, 6.07) is 20.4. The van der Waals surface area contributed by atoms with Crippen molar-refractivity contribution in [2.24, 2.45) is 0 Å². The van der Waals surface area contributed by atoms with Crippen molar-refractivity contribution in [2.75, 3.05) is 0 Å². The number of thiazole rings is 1. The summed E-state index contributed by atoms with van der Waals surface area (Å²) in [7, 11) is 0. The molecule has 0 aliphatic heterocycles. The van der Waals surface area contributed by atoms with Gasteiger partial charge >= 0.3 is 5.97 Å². The summed E-state index contributed by atoms with van der Waals surface area (Å²) >= 11 is 7.79. The summed E-state index contributed by atoms with van der Waals surface area (Å²) in [5, 5.41) is 17.6. The molecule has 0 radical (unpaired) electrons. The van der Waals surface area contributed by atoms with E-state index in [0.29, 0.717) is 16.6 Å². The van der Waals surface area contributed by atoms with Crippen molar-refractivity contribution in [3.05, 3.63) is 89.2 Å². The van der Waals surface area contributed by atoms with Gasteiger partial charge in [-0.05, 0) is 101 Å². The zero-order chi connectivity index (χ0) is 31.5. The van der Waals surface area contributed by atoms with Crippen molar-refractivity contribution in [3.8, 4) is 33.0 Å². The molecule has 6 aromatic rings. The first-order valence-electron chi connectivity index (χ1n) is 15.1. The lowest BCUT2D eigenvalue weighted by atomic mass is 9.91. The van der Waals surface area contributed by atoms with Crippen LogP contribution in [0.4, 0.5) is 0 Å². The van der Waals surface area contributed by atoms with Crippen LogP contribution in [0.3, 0.4) is 0 Å². The van der Waals surface area contributed by atoms with Crippen LogP contribution >= 0.6 is 22.9 Å². The van der Waals surface area contributed by atoms with Crippen molar-refractivity contribution in [1.29, 1.82) is 0 Å². The van der Waals surface area contributed by atoms with E-state index in [1.165, 1.54) is 30.6 Å². The molecular formula is C36H33ClN4O3S. The summed E-state index contributed by atoms with van der Waals surface area (Å²) in [6.45, 7) is 7.51. The first-order chi connectivity index (χ1) is 21.6. The Morgan fingerprint density at radius 2 is 1.80 bits per heavy atom. The third-order valence-electron chi connectivity index (χ3n) is 8.34. The monoisotopic (exact) mass is 636 g/mol. The first-order valence-corrected chi connectivity index (χ1v) is 16.3. The third kappa shape index (κ3) is 5.63. The van der Waals surface area contributed by atoms with E-state index in [0.717, 1.165) is 59.6 Å². The number of carboxylic acids is 1. The van der Waals surface area contributed by atoms with Crippen molar-refractivity contribution in [3.63, 3.8) is 0 Å². The number of ether oxygens (including phenoxy) is 1. The minimum absolute atomic E-state index is 0.501. The molecule has 45 heavy (non-hydrogen) atoms. The largest absolute Gasteiger partial charge is 0.479 e. The maximum Gasteiger partial charge on any atom is 0.337 e. The number of aromatic nitrogens is 4. The Morgan fingerprint density at radius 3 is 2.49 bits per heavy atom. The maximum absolute atomic E-state index is 12.7. The number of nitrogens with zero attached hydrogens (tertiary/aromatic N) is 4. The first kappa shape index (κ1) is 29.6. The third-order valence-corrected chi connectivity index (χ3v) is 9.73. The number of aryl methyl sites for hydroxylation is 1. The highest BCUT2D eigenvalue weighted by atomic mass is 35.5. The molecule has 0 amide bonds. The van der Waals surface area contributed by atoms with E-state index in [-0.39, 0.29) is 0 Å². The molecule has 1 N–H and O–H groups in total. The van der Waals surface area contributed by atoms with Gasteiger partial charge in [-0.25, -0.2) is 9.78 Å². The summed E-state index contributed by atoms with van der Waals surface area (Å²) in [6.07, 6.45) is 6.23. The van der Waals surface area contributed by atoms with Crippen molar-refractivity contribution < 1.29 is 14.6 Å². The number of halogens is 1. The summed E-state index contributed by atoms with van der Waals surface area (Å²) < 4.78 is 9.20. The van der Waals surface area contributed by atoms with Gasteiger partial charge in [0.25, 0.3) is 0 Å². The number of hydrogen-bond acceptors (Lipinski definition) is 6. The molecule has 1 aliphatic rings. The molecule has 1 aliphatic carbocycles. The van der Waals surface area contributed by atoms with Crippen LogP contribution in [-0.2, 0) is 9.53 Å². The number of aliphatic carboxylic acids is 1. The molecule has 7 nitrogen and oxygen atoms in total. The molecule has 0 bridgehead atoms. The standard InChI is InChI=1S/C36H33ClN4O3S/c1-20-16-28-33(31(21-8-11-25(37)12-9-21)30(20)32(35(42)43)44-36(2,3)4)45-34(40-28)23-14-15-38-27(18-23)22-10-13-29-24(17-22)19-39-41(29)26-6-5-7-26/h8-19,26,32H,5-7H2,1-4H3,(H,42,43)/t32-/m0/s1. The highest BCUT2D eigenvalue weighted by molar-refractivity contribution is 7.22. The molecule has 7 rings (SSSR count). The average Bonchev–Trinajstić information content (AvgIpc) is 3.59. The van der Waals surface area contributed by atoms with E-state index in [9.17, 15) is 9.90 Å². The number of rotatable bonds is 7. The van der Waals surface area contributed by atoms with Crippen molar-refractivity contribution >= 4 is 50.0 Å². The summed E-state index contributed by atoms with van der Waals surface area (Å²) in [5.74, 6) is -1.04. The van der Waals surface area contributed by atoms with Crippen LogP contribution in [-0.4, -0.2) is 36.4 Å². The van der Waals surface area contributed by atoms with Crippen LogP contribution in [0.2, 0.25) is 5.02 Å². The van der Waals surface area contributed by atoms with Gasteiger partial charge in [-0.15, -0.1) is 11.3 Å². The molecule has 1 saturated carbocycles. The number of pyridine rings is 1. The minimum atomic E-state index is -1.17. The van der Waals surface area contributed by atoms with E-state index < -0.39 is 17.7 Å². The van der Waals surface area contributed by atoms with Crippen LogP contribution in [0.25, 0.3) is 54.1 Å². The number of carboxylic acid groups (broad SMARTS) is 1. The molecule has 1 fully saturated rings. The fourth-order valence-electron chi connectivity index (χ4n) is 6.02. The van der Waals surface area contributed by atoms with Gasteiger partial charge in [0.05, 0.1) is 39.3 Å². The van der Waals surface area contributed by atoms with Gasteiger partial charge in [-0.2, -0.15) is 5.10 Å². The molecule has 9 heteroatoms. The molecule has 3 aromatic carbocycles. The number of benzene rings is 3. The molecule has 0 saturated heterocycles. The lowest BCUT2D eigenvalue weighted by Gasteiger charge is -2.28. The van der Waals surface area contributed by atoms with E-state index >= 15 is 0 Å². The minimum Gasteiger partial charge on any atom is -0.479 e. The van der Waals surface area contributed by atoms with E-state index in [4.69, 9.17) is 26.3 Å². The van der Waals surface area contributed by atoms with Crippen LogP contribution < -0.4 is 0 Å². The second kappa shape index (κ2) is 11.4. The fourth-order valence-corrected chi connectivity index (χ4v) is 7.27. The Hall–Kier alpha value is -4.11. The molecular weight excluding hydrogens is 604 g/mol. The lowest BCUT2D eigenvalue weighted by molar-refractivity contribution is -0.160. The fraction of sp³-hybridized carbons (Fsp3) is 0.278. The smallest absolute Gasteiger partial charge is 0.337 e. The predicted molar refractivity (Wildman–Crippen MR) is 181 cm³/mol. The normalized spacial score (nSPS) is 14.6. The quantitative estimate of drug-likeness (QED) is 0.188. The topological polar surface area (TPSA) is 90.1 Å². The second-order valence-electron chi connectivity index (χ2n) is 12.7. The van der Waals surface area contributed by atoms with Crippen LogP contribution in [0.1, 0.15) is 63.3 Å². The van der Waals surface area contributed by atoms with Crippen molar-refractivity contribution in [1.82, 2.24) is 19.7 Å². The Bertz CT molecular complexity index is 2070. The number of fused-ring (bicyclic) bond motifs is 2. The molecule has 228 valence electrons. The molecule has 0 unspecified atom stereocenters. The van der Waals surface area contributed by atoms with Crippen LogP contribution in [0.5, 0.6) is 0 Å². The zero-order valence-corrected chi connectivity index (χ0v) is 27.1. The van der Waals surface area contributed by atoms with Gasteiger partial charge in [0, 0.05) is 38.9 Å². The van der Waals surface area contributed by atoms with Gasteiger partial charge in [0.1, 0.15) is 5.01 Å². The SMILES string of the molecule is Cc1cc2nc(-c3ccnc(-c4ccc5c(cnn5C5CCC5)c4)c3)sc2c(-c2ccc(Cl)cc2)c1[C@H](OC(C)(C)C)C(=O)O. The highest BCUT2D eigenvalue weighted by Gasteiger charge is 2.32. The number of carbonyl (C=O) groups is 1. The van der Waals surface area contributed by atoms with Gasteiger partial charge in [-0.3, -0.25) is 9.67 Å². The second-order valence-corrected chi connectivity index (χ2v) is 14.1. The van der Waals surface area contributed by atoms with E-state index in [1.807, 2.05) is 76.5 Å². The maximum atomic E-state index is 12.7. The zero-order valence-electron chi connectivity index (χ0n) is 25.5. The van der Waals surface area contributed by atoms with Crippen molar-refractivity contribution in [2.45, 2.75) is 64.7 Å². The van der Waals surface area contributed by atoms with Gasteiger partial charge < -0.3 is 9.84 Å². The van der Waals surface area contributed by atoms with Gasteiger partial charge in [0.15, 0.2) is 6.10 Å². The van der Waals surface area contributed by atoms with Crippen LogP contribution in [0.15, 0.2) is 73.1 Å². The Kier molecular flexibility index (Phi) is 7.47. The molecule has 3 aromatic heterocycles. The summed E-state index contributed by atoms with van der Waals surface area (Å²) in [4.78, 5) is 22.4. The summed E-state index contributed by atoms with van der Waals surface area (Å²) in [5.41, 5.74) is 7.15. The lowest BCUT2D eigenvalue weighted by Crippen LogP contribution is -2.28. The Balaban J connectivity index is 1.34. The van der Waals surface area contributed by atoms with E-state index in [1.54, 1.807) is 0 Å². The van der Waals surface area contributed by atoms with Gasteiger partial charge in [0.2, 0.25) is 0 Å². The van der Waals surface area contributed by atoms with Crippen LogP contribution in [0, 0.1) is 6.92 Å². The Morgan fingerprint density at radius 1 is 1.04 bits per heavy atom. The molecule has 0 spiro atoms. The van der Waals surface area contributed by atoms with E-state index in [2.05, 4.69) is 34.0 Å².